The Morgan fingerprint density at radius 1 is 1.03 bits per heavy atom. The summed E-state index contributed by atoms with van der Waals surface area (Å²) in [7, 11) is 0. The molecule has 0 saturated carbocycles. The Hall–Kier alpha value is -4.02. The van der Waals surface area contributed by atoms with Crippen LogP contribution >= 0.6 is 0 Å². The molecule has 4 aromatic rings. The van der Waals surface area contributed by atoms with Crippen molar-refractivity contribution in [3.8, 4) is 0 Å². The SMILES string of the molecule is O=[N+]([O-])c1ccccc1Nc1cc(N2CCOCC2)n2nc(COCc3ccccc3)cc2n1. The summed E-state index contributed by atoms with van der Waals surface area (Å²) in [5.74, 6) is 1.34. The first-order valence-corrected chi connectivity index (χ1v) is 11.0. The van der Waals surface area contributed by atoms with Crippen molar-refractivity contribution in [2.24, 2.45) is 0 Å². The number of nitro benzene ring substituents is 1. The average Bonchev–Trinajstić information content (AvgIpc) is 3.28. The van der Waals surface area contributed by atoms with Gasteiger partial charge in [-0.25, -0.2) is 4.98 Å². The Morgan fingerprint density at radius 2 is 1.79 bits per heavy atom. The third kappa shape index (κ3) is 4.82. The molecule has 0 amide bonds. The van der Waals surface area contributed by atoms with E-state index < -0.39 is 4.92 Å². The maximum atomic E-state index is 11.4. The van der Waals surface area contributed by atoms with Gasteiger partial charge in [-0.05, 0) is 11.6 Å². The molecule has 1 aliphatic rings. The third-order valence-corrected chi connectivity index (χ3v) is 5.52. The van der Waals surface area contributed by atoms with E-state index in [1.807, 2.05) is 42.5 Å². The number of nitro groups is 1. The number of rotatable bonds is 8. The molecule has 174 valence electrons. The van der Waals surface area contributed by atoms with Crippen LogP contribution in [0.3, 0.4) is 0 Å². The van der Waals surface area contributed by atoms with E-state index in [0.29, 0.717) is 56.7 Å². The lowest BCUT2D eigenvalue weighted by atomic mass is 10.2. The second-order valence-corrected chi connectivity index (χ2v) is 7.88. The molecular weight excluding hydrogens is 436 g/mol. The maximum Gasteiger partial charge on any atom is 0.292 e. The fourth-order valence-electron chi connectivity index (χ4n) is 3.88. The van der Waals surface area contributed by atoms with Gasteiger partial charge in [-0.3, -0.25) is 10.1 Å². The van der Waals surface area contributed by atoms with Gasteiger partial charge in [0.15, 0.2) is 5.65 Å². The average molecular weight is 460 g/mol. The molecule has 10 nitrogen and oxygen atoms in total. The summed E-state index contributed by atoms with van der Waals surface area (Å²) in [6.45, 7) is 3.49. The van der Waals surface area contributed by atoms with Crippen LogP contribution < -0.4 is 10.2 Å². The Bertz CT molecular complexity index is 1290. The van der Waals surface area contributed by atoms with Gasteiger partial charge in [0, 0.05) is 31.3 Å². The molecule has 1 fully saturated rings. The number of aromatic nitrogens is 3. The smallest absolute Gasteiger partial charge is 0.292 e. The maximum absolute atomic E-state index is 11.4. The van der Waals surface area contributed by atoms with Crippen molar-refractivity contribution >= 4 is 28.7 Å². The molecule has 2 aromatic carbocycles. The number of ether oxygens (including phenoxy) is 2. The molecule has 0 bridgehead atoms. The molecule has 34 heavy (non-hydrogen) atoms. The summed E-state index contributed by atoms with van der Waals surface area (Å²) in [5, 5.41) is 19.3. The number of para-hydroxylation sites is 2. The molecule has 1 aliphatic heterocycles. The van der Waals surface area contributed by atoms with Gasteiger partial charge < -0.3 is 19.7 Å². The minimum absolute atomic E-state index is 0.0133. The summed E-state index contributed by atoms with van der Waals surface area (Å²) in [5.41, 5.74) is 2.84. The van der Waals surface area contributed by atoms with Crippen LogP contribution in [0.25, 0.3) is 5.65 Å². The summed E-state index contributed by atoms with van der Waals surface area (Å²) in [6, 6.07) is 20.2. The highest BCUT2D eigenvalue weighted by Gasteiger charge is 2.19. The van der Waals surface area contributed by atoms with Crippen LogP contribution in [0, 0.1) is 10.1 Å². The Morgan fingerprint density at radius 3 is 2.59 bits per heavy atom. The number of morpholine rings is 1. The van der Waals surface area contributed by atoms with Gasteiger partial charge in [0.25, 0.3) is 5.69 Å². The standard InChI is InChI=1S/C24H24N6O4/c31-30(32)21-9-5-4-8-20(21)25-22-15-24(28-10-12-33-13-11-28)29-23(26-22)14-19(27-29)17-34-16-18-6-2-1-3-7-18/h1-9,14-15H,10-13,16-17H2,(H,25,26). The quantitative estimate of drug-likeness (QED) is 0.311. The van der Waals surface area contributed by atoms with E-state index >= 15 is 0 Å². The third-order valence-electron chi connectivity index (χ3n) is 5.52. The number of benzene rings is 2. The summed E-state index contributed by atoms with van der Waals surface area (Å²) in [6.07, 6.45) is 0. The predicted octanol–water partition coefficient (Wildman–Crippen LogP) is 3.93. The van der Waals surface area contributed by atoms with Gasteiger partial charge in [0.05, 0.1) is 37.0 Å². The van der Waals surface area contributed by atoms with Crippen molar-refractivity contribution in [3.05, 3.63) is 88.1 Å². The second kappa shape index (κ2) is 9.86. The molecule has 3 heterocycles. The molecule has 1 N–H and O–H groups in total. The molecule has 0 spiro atoms. The summed E-state index contributed by atoms with van der Waals surface area (Å²) in [4.78, 5) is 17.9. The van der Waals surface area contributed by atoms with Crippen molar-refractivity contribution in [3.63, 3.8) is 0 Å². The van der Waals surface area contributed by atoms with Crippen LogP contribution in [-0.2, 0) is 22.7 Å². The van der Waals surface area contributed by atoms with E-state index in [0.717, 1.165) is 17.1 Å². The van der Waals surface area contributed by atoms with Gasteiger partial charge in [0.1, 0.15) is 17.3 Å². The number of anilines is 3. The molecule has 10 heteroatoms. The van der Waals surface area contributed by atoms with Crippen LogP contribution in [0.15, 0.2) is 66.7 Å². The zero-order valence-corrected chi connectivity index (χ0v) is 18.5. The number of nitrogens with zero attached hydrogens (tertiary/aromatic N) is 5. The molecule has 5 rings (SSSR count). The van der Waals surface area contributed by atoms with Gasteiger partial charge >= 0.3 is 0 Å². The first kappa shape index (κ1) is 21.8. The molecule has 0 aliphatic carbocycles. The highest BCUT2D eigenvalue weighted by molar-refractivity contribution is 5.70. The van der Waals surface area contributed by atoms with Crippen molar-refractivity contribution in [1.29, 1.82) is 0 Å². The topological polar surface area (TPSA) is 107 Å². The zero-order chi connectivity index (χ0) is 23.3. The Kier molecular flexibility index (Phi) is 6.32. The second-order valence-electron chi connectivity index (χ2n) is 7.88. The molecular formula is C24H24N6O4. The van der Waals surface area contributed by atoms with Crippen molar-refractivity contribution in [2.75, 3.05) is 36.5 Å². The predicted molar refractivity (Wildman–Crippen MR) is 127 cm³/mol. The van der Waals surface area contributed by atoms with Crippen molar-refractivity contribution < 1.29 is 14.4 Å². The van der Waals surface area contributed by atoms with E-state index in [4.69, 9.17) is 14.6 Å². The fraction of sp³-hybridized carbons (Fsp3) is 0.250. The van der Waals surface area contributed by atoms with Gasteiger partial charge in [-0.1, -0.05) is 42.5 Å². The normalized spacial score (nSPS) is 13.8. The zero-order valence-electron chi connectivity index (χ0n) is 18.5. The van der Waals surface area contributed by atoms with E-state index in [-0.39, 0.29) is 5.69 Å². The summed E-state index contributed by atoms with van der Waals surface area (Å²) < 4.78 is 13.2. The number of hydrogen-bond donors (Lipinski definition) is 1. The molecule has 0 atom stereocenters. The first-order valence-electron chi connectivity index (χ1n) is 11.0. The molecule has 0 radical (unpaired) electrons. The number of nitrogens with one attached hydrogen (secondary N) is 1. The summed E-state index contributed by atoms with van der Waals surface area (Å²) >= 11 is 0. The van der Waals surface area contributed by atoms with E-state index in [9.17, 15) is 10.1 Å². The van der Waals surface area contributed by atoms with E-state index in [1.165, 1.54) is 6.07 Å². The van der Waals surface area contributed by atoms with Crippen LogP contribution in [0.2, 0.25) is 0 Å². The molecule has 0 unspecified atom stereocenters. The number of hydrogen-bond acceptors (Lipinski definition) is 8. The number of fused-ring (bicyclic) bond motifs is 1. The lowest BCUT2D eigenvalue weighted by Crippen LogP contribution is -2.37. The fourth-order valence-corrected chi connectivity index (χ4v) is 3.88. The molecule has 1 saturated heterocycles. The van der Waals surface area contributed by atoms with Gasteiger partial charge in [-0.15, -0.1) is 0 Å². The van der Waals surface area contributed by atoms with Gasteiger partial charge in [0.2, 0.25) is 0 Å². The highest BCUT2D eigenvalue weighted by Crippen LogP contribution is 2.29. The van der Waals surface area contributed by atoms with Gasteiger partial charge in [-0.2, -0.15) is 9.61 Å². The lowest BCUT2D eigenvalue weighted by Gasteiger charge is -2.29. The lowest BCUT2D eigenvalue weighted by molar-refractivity contribution is -0.383. The Balaban J connectivity index is 1.44. The highest BCUT2D eigenvalue weighted by atomic mass is 16.6. The minimum atomic E-state index is -0.412. The molecule has 2 aromatic heterocycles. The van der Waals surface area contributed by atoms with Crippen LogP contribution in [-0.4, -0.2) is 45.8 Å². The van der Waals surface area contributed by atoms with Crippen molar-refractivity contribution in [1.82, 2.24) is 14.6 Å². The first-order chi connectivity index (χ1) is 16.7. The van der Waals surface area contributed by atoms with Crippen molar-refractivity contribution in [2.45, 2.75) is 13.2 Å². The van der Waals surface area contributed by atoms with E-state index in [2.05, 4.69) is 15.2 Å². The van der Waals surface area contributed by atoms with E-state index in [1.54, 1.807) is 22.7 Å². The van der Waals surface area contributed by atoms with Crippen LogP contribution in [0.4, 0.5) is 23.0 Å². The monoisotopic (exact) mass is 460 g/mol. The van der Waals surface area contributed by atoms with Crippen LogP contribution in [0.1, 0.15) is 11.3 Å². The Labute approximate surface area is 195 Å². The largest absolute Gasteiger partial charge is 0.378 e. The minimum Gasteiger partial charge on any atom is -0.378 e. The van der Waals surface area contributed by atoms with Crippen LogP contribution in [0.5, 0.6) is 0 Å².